The Hall–Kier alpha value is -1.08. The second-order valence-electron chi connectivity index (χ2n) is 5.50. The Kier molecular flexibility index (Phi) is 5.00. The highest BCUT2D eigenvalue weighted by molar-refractivity contribution is 5.21. The van der Waals surface area contributed by atoms with Crippen LogP contribution >= 0.6 is 0 Å². The molecule has 0 radical (unpaired) electrons. The minimum Gasteiger partial charge on any atom is -0.313 e. The van der Waals surface area contributed by atoms with E-state index in [9.17, 15) is 0 Å². The minimum atomic E-state index is 1.19. The van der Waals surface area contributed by atoms with Crippen molar-refractivity contribution in [3.63, 3.8) is 0 Å². The maximum Gasteiger partial charge on any atom is 0.0167 e. The molecule has 1 aliphatic carbocycles. The first-order valence-electron chi connectivity index (χ1n) is 7.19. The molecule has 0 atom stereocenters. The SMILES string of the molecule is C1CCC2=C(C1)CCNC2.Cc1ccc(C)cc1. The van der Waals surface area contributed by atoms with E-state index in [1.807, 2.05) is 0 Å². The summed E-state index contributed by atoms with van der Waals surface area (Å²) in [4.78, 5) is 0. The summed E-state index contributed by atoms with van der Waals surface area (Å²) < 4.78 is 0. The molecule has 0 bridgehead atoms. The Bertz CT molecular complexity index is 345. The highest BCUT2D eigenvalue weighted by Crippen LogP contribution is 2.27. The van der Waals surface area contributed by atoms with Crippen LogP contribution in [0.25, 0.3) is 0 Å². The number of benzene rings is 1. The summed E-state index contributed by atoms with van der Waals surface area (Å²) in [5, 5.41) is 3.43. The van der Waals surface area contributed by atoms with E-state index in [1.54, 1.807) is 11.1 Å². The van der Waals surface area contributed by atoms with E-state index in [-0.39, 0.29) is 0 Å². The first kappa shape index (κ1) is 13.4. The van der Waals surface area contributed by atoms with Gasteiger partial charge in [0.2, 0.25) is 0 Å². The van der Waals surface area contributed by atoms with Crippen LogP contribution in [0.2, 0.25) is 0 Å². The van der Waals surface area contributed by atoms with Crippen molar-refractivity contribution < 1.29 is 0 Å². The number of aryl methyl sites for hydroxylation is 2. The van der Waals surface area contributed by atoms with Crippen LogP contribution in [0.3, 0.4) is 0 Å². The van der Waals surface area contributed by atoms with Gasteiger partial charge >= 0.3 is 0 Å². The van der Waals surface area contributed by atoms with E-state index < -0.39 is 0 Å². The molecule has 0 saturated carbocycles. The van der Waals surface area contributed by atoms with Crippen LogP contribution < -0.4 is 5.32 Å². The maximum atomic E-state index is 3.43. The van der Waals surface area contributed by atoms with Crippen molar-refractivity contribution in [2.75, 3.05) is 13.1 Å². The van der Waals surface area contributed by atoms with Crippen molar-refractivity contribution in [3.05, 3.63) is 46.5 Å². The predicted octanol–water partition coefficient (Wildman–Crippen LogP) is 4.15. The molecule has 1 aliphatic heterocycles. The summed E-state index contributed by atoms with van der Waals surface area (Å²) in [5.41, 5.74) is 6.17. The fraction of sp³-hybridized carbons (Fsp3) is 0.529. The zero-order chi connectivity index (χ0) is 12.8. The molecular weight excluding hydrogens is 218 g/mol. The lowest BCUT2D eigenvalue weighted by molar-refractivity contribution is 0.566. The van der Waals surface area contributed by atoms with Gasteiger partial charge in [0.1, 0.15) is 0 Å². The summed E-state index contributed by atoms with van der Waals surface area (Å²) in [5.74, 6) is 0. The van der Waals surface area contributed by atoms with Crippen LogP contribution in [0, 0.1) is 13.8 Å². The minimum absolute atomic E-state index is 1.19. The quantitative estimate of drug-likeness (QED) is 0.675. The third-order valence-electron chi connectivity index (χ3n) is 3.87. The van der Waals surface area contributed by atoms with Crippen LogP contribution in [-0.2, 0) is 0 Å². The van der Waals surface area contributed by atoms with Gasteiger partial charge < -0.3 is 5.32 Å². The first-order valence-corrected chi connectivity index (χ1v) is 7.19. The van der Waals surface area contributed by atoms with E-state index in [0.717, 1.165) is 0 Å². The van der Waals surface area contributed by atoms with Gasteiger partial charge in [-0.15, -0.1) is 0 Å². The van der Waals surface area contributed by atoms with Crippen molar-refractivity contribution in [3.8, 4) is 0 Å². The van der Waals surface area contributed by atoms with Gasteiger partial charge in [-0.2, -0.15) is 0 Å². The van der Waals surface area contributed by atoms with Gasteiger partial charge in [0, 0.05) is 6.54 Å². The molecule has 1 nitrogen and oxygen atoms in total. The maximum absolute atomic E-state index is 3.43. The largest absolute Gasteiger partial charge is 0.313 e. The lowest BCUT2D eigenvalue weighted by Crippen LogP contribution is -2.26. The van der Waals surface area contributed by atoms with Gasteiger partial charge in [-0.05, 0) is 52.5 Å². The molecule has 0 saturated heterocycles. The van der Waals surface area contributed by atoms with Gasteiger partial charge in [0.15, 0.2) is 0 Å². The van der Waals surface area contributed by atoms with E-state index in [0.29, 0.717) is 0 Å². The van der Waals surface area contributed by atoms with Crippen LogP contribution in [-0.4, -0.2) is 13.1 Å². The van der Waals surface area contributed by atoms with Crippen molar-refractivity contribution in [1.29, 1.82) is 0 Å². The molecule has 2 aliphatic rings. The van der Waals surface area contributed by atoms with Crippen LogP contribution in [0.15, 0.2) is 35.4 Å². The average molecular weight is 243 g/mol. The second-order valence-corrected chi connectivity index (χ2v) is 5.50. The number of hydrogen-bond donors (Lipinski definition) is 1. The standard InChI is InChI=1S/C9H15N.C8H10/c1-2-4-9-7-10-6-5-8(9)3-1;1-7-3-5-8(2)6-4-7/h10H,1-7H2;3-6H,1-2H3. The molecule has 1 heteroatoms. The molecular formula is C17H25N. The third-order valence-corrected chi connectivity index (χ3v) is 3.87. The molecule has 1 aromatic rings. The van der Waals surface area contributed by atoms with E-state index in [2.05, 4.69) is 43.4 Å². The lowest BCUT2D eigenvalue weighted by atomic mass is 9.88. The molecule has 0 spiro atoms. The highest BCUT2D eigenvalue weighted by Gasteiger charge is 2.14. The Morgan fingerprint density at radius 3 is 1.89 bits per heavy atom. The average Bonchev–Trinajstić information content (AvgIpc) is 2.43. The Morgan fingerprint density at radius 2 is 1.33 bits per heavy atom. The van der Waals surface area contributed by atoms with Gasteiger partial charge in [0.25, 0.3) is 0 Å². The number of rotatable bonds is 0. The van der Waals surface area contributed by atoms with Crippen molar-refractivity contribution in [2.24, 2.45) is 0 Å². The molecule has 1 N–H and O–H groups in total. The fourth-order valence-corrected chi connectivity index (χ4v) is 2.66. The van der Waals surface area contributed by atoms with E-state index in [1.165, 1.54) is 56.3 Å². The Balaban J connectivity index is 0.000000138. The molecule has 0 aromatic heterocycles. The fourth-order valence-electron chi connectivity index (χ4n) is 2.66. The lowest BCUT2D eigenvalue weighted by Gasteiger charge is -2.25. The van der Waals surface area contributed by atoms with Gasteiger partial charge in [0.05, 0.1) is 0 Å². The van der Waals surface area contributed by atoms with Crippen LogP contribution in [0.1, 0.15) is 43.2 Å². The first-order chi connectivity index (χ1) is 8.75. The molecule has 98 valence electrons. The molecule has 1 aromatic carbocycles. The van der Waals surface area contributed by atoms with Crippen LogP contribution in [0.5, 0.6) is 0 Å². The summed E-state index contributed by atoms with van der Waals surface area (Å²) in [7, 11) is 0. The van der Waals surface area contributed by atoms with Crippen LogP contribution in [0.4, 0.5) is 0 Å². The summed E-state index contributed by atoms with van der Waals surface area (Å²) in [6.45, 7) is 6.60. The van der Waals surface area contributed by atoms with E-state index >= 15 is 0 Å². The van der Waals surface area contributed by atoms with E-state index in [4.69, 9.17) is 0 Å². The monoisotopic (exact) mass is 243 g/mol. The predicted molar refractivity (Wildman–Crippen MR) is 78.9 cm³/mol. The normalized spacial score (nSPS) is 18.8. The third kappa shape index (κ3) is 3.99. The van der Waals surface area contributed by atoms with Crippen molar-refractivity contribution >= 4 is 0 Å². The smallest absolute Gasteiger partial charge is 0.0167 e. The number of nitrogens with one attached hydrogen (secondary N) is 1. The second kappa shape index (κ2) is 6.75. The zero-order valence-electron chi connectivity index (χ0n) is 11.8. The summed E-state index contributed by atoms with van der Waals surface area (Å²) in [6.07, 6.45) is 6.98. The summed E-state index contributed by atoms with van der Waals surface area (Å²) >= 11 is 0. The molecule has 0 amide bonds. The van der Waals surface area contributed by atoms with Crippen molar-refractivity contribution in [2.45, 2.75) is 46.0 Å². The molecule has 3 rings (SSSR count). The van der Waals surface area contributed by atoms with Crippen molar-refractivity contribution in [1.82, 2.24) is 5.32 Å². The Morgan fingerprint density at radius 1 is 0.778 bits per heavy atom. The highest BCUT2D eigenvalue weighted by atomic mass is 14.9. The zero-order valence-corrected chi connectivity index (χ0v) is 11.8. The van der Waals surface area contributed by atoms with Gasteiger partial charge in [-0.1, -0.05) is 46.5 Å². The molecule has 0 unspecified atom stereocenters. The van der Waals surface area contributed by atoms with Gasteiger partial charge in [-0.25, -0.2) is 0 Å². The molecule has 0 fully saturated rings. The molecule has 18 heavy (non-hydrogen) atoms. The Labute approximate surface area is 111 Å². The summed E-state index contributed by atoms with van der Waals surface area (Å²) in [6, 6.07) is 8.48. The topological polar surface area (TPSA) is 12.0 Å². The van der Waals surface area contributed by atoms with Gasteiger partial charge in [-0.3, -0.25) is 0 Å². The number of hydrogen-bond acceptors (Lipinski definition) is 1. The molecule has 1 heterocycles.